The largest absolute Gasteiger partial charge is 0.495 e. The van der Waals surface area contributed by atoms with E-state index in [0.717, 1.165) is 0 Å². The molecule has 1 aromatic heterocycles. The summed E-state index contributed by atoms with van der Waals surface area (Å²) in [5.74, 6) is -0.546. The number of methoxy groups -OCH3 is 1. The summed E-state index contributed by atoms with van der Waals surface area (Å²) in [4.78, 5) is 14.3. The molecule has 68 valence electrons. The number of pyridine rings is 1. The molecule has 0 unspecified atom stereocenters. The fraction of sp³-hybridized carbons (Fsp3) is 0.111. The van der Waals surface area contributed by atoms with E-state index in [1.807, 2.05) is 0 Å². The molecule has 0 amide bonds. The summed E-state index contributed by atoms with van der Waals surface area (Å²) in [5, 5.41) is 8.63. The van der Waals surface area contributed by atoms with E-state index in [9.17, 15) is 4.79 Å². The SMILES string of the molecule is C=C(C(=O)O)c1cncc(OC)c1. The van der Waals surface area contributed by atoms with Gasteiger partial charge in [-0.3, -0.25) is 4.98 Å². The number of hydrogen-bond acceptors (Lipinski definition) is 3. The number of ether oxygens (including phenoxy) is 1. The molecule has 0 aliphatic carbocycles. The first-order valence-electron chi connectivity index (χ1n) is 3.56. The molecule has 1 aromatic rings. The van der Waals surface area contributed by atoms with Gasteiger partial charge in [0.1, 0.15) is 5.75 Å². The van der Waals surface area contributed by atoms with Gasteiger partial charge in [0, 0.05) is 11.8 Å². The highest BCUT2D eigenvalue weighted by molar-refractivity contribution is 6.14. The molecule has 0 aliphatic heterocycles. The number of nitrogens with zero attached hydrogens (tertiary/aromatic N) is 1. The smallest absolute Gasteiger partial charge is 0.335 e. The lowest BCUT2D eigenvalue weighted by Crippen LogP contribution is -1.98. The van der Waals surface area contributed by atoms with Crippen molar-refractivity contribution in [2.24, 2.45) is 0 Å². The topological polar surface area (TPSA) is 59.4 Å². The van der Waals surface area contributed by atoms with Crippen molar-refractivity contribution < 1.29 is 14.6 Å². The van der Waals surface area contributed by atoms with Crippen LogP contribution in [-0.4, -0.2) is 23.2 Å². The van der Waals surface area contributed by atoms with Crippen molar-refractivity contribution in [1.29, 1.82) is 0 Å². The van der Waals surface area contributed by atoms with Gasteiger partial charge >= 0.3 is 5.97 Å². The zero-order valence-electron chi connectivity index (χ0n) is 7.15. The lowest BCUT2D eigenvalue weighted by Gasteiger charge is -2.02. The maximum absolute atomic E-state index is 10.5. The van der Waals surface area contributed by atoms with Crippen LogP contribution in [0.4, 0.5) is 0 Å². The van der Waals surface area contributed by atoms with Gasteiger partial charge in [0.05, 0.1) is 18.9 Å². The zero-order chi connectivity index (χ0) is 9.84. The van der Waals surface area contributed by atoms with E-state index in [0.29, 0.717) is 11.3 Å². The van der Waals surface area contributed by atoms with Crippen LogP contribution in [0.5, 0.6) is 5.75 Å². The van der Waals surface area contributed by atoms with Crippen LogP contribution in [-0.2, 0) is 4.79 Å². The summed E-state index contributed by atoms with van der Waals surface area (Å²) in [6, 6.07) is 1.57. The third-order valence-corrected chi connectivity index (χ3v) is 1.56. The van der Waals surface area contributed by atoms with Crippen molar-refractivity contribution in [1.82, 2.24) is 4.98 Å². The van der Waals surface area contributed by atoms with Gasteiger partial charge in [-0.25, -0.2) is 4.79 Å². The number of carbonyl (C=O) groups is 1. The summed E-state index contributed by atoms with van der Waals surface area (Å²) in [5.41, 5.74) is 0.457. The minimum atomic E-state index is -1.06. The molecule has 0 atom stereocenters. The number of hydrogen-bond donors (Lipinski definition) is 1. The Balaban J connectivity index is 3.02. The van der Waals surface area contributed by atoms with Gasteiger partial charge in [-0.15, -0.1) is 0 Å². The Hall–Kier alpha value is -1.84. The van der Waals surface area contributed by atoms with Crippen LogP contribution in [0.1, 0.15) is 5.56 Å². The van der Waals surface area contributed by atoms with Crippen LogP contribution < -0.4 is 4.74 Å². The van der Waals surface area contributed by atoms with E-state index in [1.165, 1.54) is 19.5 Å². The Morgan fingerprint density at radius 1 is 1.62 bits per heavy atom. The van der Waals surface area contributed by atoms with Crippen LogP contribution in [0.3, 0.4) is 0 Å². The van der Waals surface area contributed by atoms with E-state index in [4.69, 9.17) is 9.84 Å². The molecular formula is C9H9NO3. The molecular weight excluding hydrogens is 170 g/mol. The standard InChI is InChI=1S/C9H9NO3/c1-6(9(11)12)7-3-8(13-2)5-10-4-7/h3-5H,1H2,2H3,(H,11,12). The fourth-order valence-corrected chi connectivity index (χ4v) is 0.819. The Bertz CT molecular complexity index is 346. The predicted molar refractivity (Wildman–Crippen MR) is 47.5 cm³/mol. The quantitative estimate of drug-likeness (QED) is 0.708. The van der Waals surface area contributed by atoms with E-state index >= 15 is 0 Å². The Kier molecular flexibility index (Phi) is 2.64. The van der Waals surface area contributed by atoms with Gasteiger partial charge < -0.3 is 9.84 Å². The highest BCUT2D eigenvalue weighted by Gasteiger charge is 2.07. The lowest BCUT2D eigenvalue weighted by molar-refractivity contribution is -0.130. The van der Waals surface area contributed by atoms with Crippen molar-refractivity contribution in [3.63, 3.8) is 0 Å². The minimum Gasteiger partial charge on any atom is -0.495 e. The highest BCUT2D eigenvalue weighted by atomic mass is 16.5. The first-order chi connectivity index (χ1) is 6.15. The lowest BCUT2D eigenvalue weighted by atomic mass is 10.1. The summed E-state index contributed by atoms with van der Waals surface area (Å²) in [6.45, 7) is 3.40. The molecule has 0 radical (unpaired) electrons. The van der Waals surface area contributed by atoms with E-state index in [-0.39, 0.29) is 5.57 Å². The molecule has 0 aliphatic rings. The van der Waals surface area contributed by atoms with E-state index in [2.05, 4.69) is 11.6 Å². The molecule has 1 N–H and O–H groups in total. The van der Waals surface area contributed by atoms with Crippen LogP contribution in [0.15, 0.2) is 25.0 Å². The monoisotopic (exact) mass is 179 g/mol. The van der Waals surface area contributed by atoms with E-state index in [1.54, 1.807) is 6.07 Å². The van der Waals surface area contributed by atoms with Gasteiger partial charge in [0.25, 0.3) is 0 Å². The molecule has 4 heteroatoms. The second-order valence-electron chi connectivity index (χ2n) is 2.40. The summed E-state index contributed by atoms with van der Waals surface area (Å²) < 4.78 is 4.89. The highest BCUT2D eigenvalue weighted by Crippen LogP contribution is 2.16. The van der Waals surface area contributed by atoms with Crippen LogP contribution in [0, 0.1) is 0 Å². The van der Waals surface area contributed by atoms with Gasteiger partial charge in [-0.2, -0.15) is 0 Å². The van der Waals surface area contributed by atoms with Gasteiger partial charge in [-0.1, -0.05) is 6.58 Å². The average molecular weight is 179 g/mol. The molecule has 0 saturated heterocycles. The fourth-order valence-electron chi connectivity index (χ4n) is 0.819. The number of aliphatic carboxylic acids is 1. The van der Waals surface area contributed by atoms with Crippen molar-refractivity contribution in [2.75, 3.05) is 7.11 Å². The van der Waals surface area contributed by atoms with Crippen molar-refractivity contribution in [2.45, 2.75) is 0 Å². The third kappa shape index (κ3) is 2.05. The molecule has 13 heavy (non-hydrogen) atoms. The van der Waals surface area contributed by atoms with Gasteiger partial charge in [0.15, 0.2) is 0 Å². The van der Waals surface area contributed by atoms with Crippen molar-refractivity contribution in [3.05, 3.63) is 30.6 Å². The molecule has 1 rings (SSSR count). The molecule has 0 bridgehead atoms. The van der Waals surface area contributed by atoms with Crippen LogP contribution in [0.25, 0.3) is 5.57 Å². The number of aromatic nitrogens is 1. The molecule has 0 fully saturated rings. The summed E-state index contributed by atoms with van der Waals surface area (Å²) >= 11 is 0. The number of carboxylic acids is 1. The Morgan fingerprint density at radius 2 is 2.31 bits per heavy atom. The Labute approximate surface area is 75.5 Å². The molecule has 1 heterocycles. The van der Waals surface area contributed by atoms with Crippen molar-refractivity contribution >= 4 is 11.5 Å². The first kappa shape index (κ1) is 9.25. The summed E-state index contributed by atoms with van der Waals surface area (Å²) in [7, 11) is 1.49. The normalized spacial score (nSPS) is 9.31. The predicted octanol–water partition coefficient (Wildman–Crippen LogP) is 1.19. The molecule has 0 saturated carbocycles. The molecule has 0 spiro atoms. The van der Waals surface area contributed by atoms with Gasteiger partial charge in [-0.05, 0) is 6.07 Å². The maximum Gasteiger partial charge on any atom is 0.335 e. The van der Waals surface area contributed by atoms with Gasteiger partial charge in [0.2, 0.25) is 0 Å². The Morgan fingerprint density at radius 3 is 2.85 bits per heavy atom. The van der Waals surface area contributed by atoms with Crippen LogP contribution >= 0.6 is 0 Å². The molecule has 4 nitrogen and oxygen atoms in total. The van der Waals surface area contributed by atoms with Crippen molar-refractivity contribution in [3.8, 4) is 5.75 Å². The number of carboxylic acid groups (broad SMARTS) is 1. The average Bonchev–Trinajstić information content (AvgIpc) is 2.16. The third-order valence-electron chi connectivity index (χ3n) is 1.56. The second kappa shape index (κ2) is 3.71. The molecule has 0 aromatic carbocycles. The minimum absolute atomic E-state index is 0.00593. The maximum atomic E-state index is 10.5. The van der Waals surface area contributed by atoms with Crippen LogP contribution in [0.2, 0.25) is 0 Å². The first-order valence-corrected chi connectivity index (χ1v) is 3.56. The van der Waals surface area contributed by atoms with E-state index < -0.39 is 5.97 Å². The number of rotatable bonds is 3. The zero-order valence-corrected chi connectivity index (χ0v) is 7.15. The summed E-state index contributed by atoms with van der Waals surface area (Å²) in [6.07, 6.45) is 2.93. The second-order valence-corrected chi connectivity index (χ2v) is 2.40.